The quantitative estimate of drug-likeness (QED) is 0.108. The van der Waals surface area contributed by atoms with Crippen LogP contribution in [0.15, 0.2) is 97.1 Å². The summed E-state index contributed by atoms with van der Waals surface area (Å²) in [6, 6.07) is 28.4. The van der Waals surface area contributed by atoms with Crippen LogP contribution >= 0.6 is 0 Å². The summed E-state index contributed by atoms with van der Waals surface area (Å²) in [5, 5.41) is 0. The molecule has 1 atom stereocenters. The molecule has 51 heavy (non-hydrogen) atoms. The van der Waals surface area contributed by atoms with Gasteiger partial charge in [-0.25, -0.2) is 13.6 Å². The second-order valence-corrected chi connectivity index (χ2v) is 13.3. The van der Waals surface area contributed by atoms with Crippen LogP contribution in [0, 0.1) is 25.5 Å². The molecule has 6 nitrogen and oxygen atoms in total. The predicted octanol–water partition coefficient (Wildman–Crippen LogP) is 9.97. The summed E-state index contributed by atoms with van der Waals surface area (Å²) < 4.78 is 50.7. The van der Waals surface area contributed by atoms with Crippen LogP contribution < -0.4 is 9.47 Å². The lowest BCUT2D eigenvalue weighted by Crippen LogP contribution is -2.30. The fraction of sp³-hybridized carbons (Fsp3) is 0.302. The van der Waals surface area contributed by atoms with Crippen molar-refractivity contribution in [3.8, 4) is 33.8 Å². The normalized spacial score (nSPS) is 12.0. The Morgan fingerprint density at radius 1 is 0.667 bits per heavy atom. The number of carbonyl (C=O) groups is 1. The Hall–Kier alpha value is -5.08. The molecule has 1 heterocycles. The van der Waals surface area contributed by atoms with Crippen molar-refractivity contribution >= 4 is 5.97 Å². The lowest BCUT2D eigenvalue weighted by Gasteiger charge is -2.30. The SMILES string of the molecule is CCOC(=O)[C@@H](OC(C)(C)C)c1c(C)nc(C)c(-c2ccc(OCCc3ccc(F)cc3)cc2)c1-c1ccc(OCCc2ccc(F)cc2)cc1. The van der Waals surface area contributed by atoms with Gasteiger partial charge in [-0.1, -0.05) is 48.5 Å². The van der Waals surface area contributed by atoms with E-state index in [-0.39, 0.29) is 18.2 Å². The minimum Gasteiger partial charge on any atom is -0.493 e. The van der Waals surface area contributed by atoms with Crippen molar-refractivity contribution < 1.29 is 32.5 Å². The monoisotopic (exact) mass is 693 g/mol. The van der Waals surface area contributed by atoms with Gasteiger partial charge >= 0.3 is 5.97 Å². The third-order valence-corrected chi connectivity index (χ3v) is 8.27. The number of halogens is 2. The summed E-state index contributed by atoms with van der Waals surface area (Å²) in [5.74, 6) is 0.361. The van der Waals surface area contributed by atoms with Crippen LogP contribution in [0.1, 0.15) is 61.9 Å². The Morgan fingerprint density at radius 2 is 1.12 bits per heavy atom. The Balaban J connectivity index is 1.50. The van der Waals surface area contributed by atoms with Gasteiger partial charge in [-0.05, 0) is 118 Å². The molecule has 0 saturated carbocycles. The van der Waals surface area contributed by atoms with Crippen LogP contribution in [0.3, 0.4) is 0 Å². The third-order valence-electron chi connectivity index (χ3n) is 8.27. The molecular formula is C43H45F2NO5. The van der Waals surface area contributed by atoms with Crippen molar-refractivity contribution in [2.45, 2.75) is 66.1 Å². The van der Waals surface area contributed by atoms with Crippen molar-refractivity contribution in [3.05, 3.63) is 137 Å². The summed E-state index contributed by atoms with van der Waals surface area (Å²) in [4.78, 5) is 18.6. The van der Waals surface area contributed by atoms with Crippen LogP contribution in [-0.4, -0.2) is 36.4 Å². The van der Waals surface area contributed by atoms with E-state index in [9.17, 15) is 13.6 Å². The largest absolute Gasteiger partial charge is 0.493 e. The molecule has 0 saturated heterocycles. The number of carbonyl (C=O) groups excluding carboxylic acids is 1. The molecule has 0 bridgehead atoms. The summed E-state index contributed by atoms with van der Waals surface area (Å²) in [5.41, 5.74) is 6.79. The van der Waals surface area contributed by atoms with Gasteiger partial charge in [0.25, 0.3) is 0 Å². The maximum Gasteiger partial charge on any atom is 0.340 e. The minimum atomic E-state index is -1.03. The number of hydrogen-bond acceptors (Lipinski definition) is 6. The van der Waals surface area contributed by atoms with Crippen molar-refractivity contribution in [1.82, 2.24) is 4.98 Å². The number of aromatic nitrogens is 1. The van der Waals surface area contributed by atoms with E-state index in [1.807, 2.05) is 83.1 Å². The fourth-order valence-corrected chi connectivity index (χ4v) is 5.95. The molecule has 0 fully saturated rings. The van der Waals surface area contributed by atoms with E-state index in [0.717, 1.165) is 39.1 Å². The highest BCUT2D eigenvalue weighted by atomic mass is 19.1. The van der Waals surface area contributed by atoms with Crippen LogP contribution in [0.4, 0.5) is 8.78 Å². The molecule has 0 unspecified atom stereocenters. The molecule has 5 rings (SSSR count). The summed E-state index contributed by atoms with van der Waals surface area (Å²) in [7, 11) is 0. The first-order valence-electron chi connectivity index (χ1n) is 17.2. The summed E-state index contributed by atoms with van der Waals surface area (Å²) >= 11 is 0. The van der Waals surface area contributed by atoms with Crippen LogP contribution in [0.2, 0.25) is 0 Å². The Labute approximate surface area is 299 Å². The summed E-state index contributed by atoms with van der Waals surface area (Å²) in [6.07, 6.45) is 0.245. The Morgan fingerprint density at radius 3 is 1.55 bits per heavy atom. The van der Waals surface area contributed by atoms with Crippen molar-refractivity contribution in [2.24, 2.45) is 0 Å². The molecule has 1 aromatic heterocycles. The fourth-order valence-electron chi connectivity index (χ4n) is 5.95. The molecule has 0 aliphatic rings. The van der Waals surface area contributed by atoms with Crippen LogP contribution in [0.25, 0.3) is 22.3 Å². The highest BCUT2D eigenvalue weighted by Crippen LogP contribution is 2.43. The molecule has 4 aromatic carbocycles. The van der Waals surface area contributed by atoms with E-state index in [4.69, 9.17) is 23.9 Å². The molecule has 0 amide bonds. The number of aryl methyl sites for hydroxylation is 2. The van der Waals surface area contributed by atoms with Gasteiger partial charge in [0.2, 0.25) is 0 Å². The molecular weight excluding hydrogens is 648 g/mol. The van der Waals surface area contributed by atoms with E-state index in [2.05, 4.69) is 0 Å². The van der Waals surface area contributed by atoms with E-state index in [1.165, 1.54) is 24.3 Å². The van der Waals surface area contributed by atoms with Gasteiger partial charge in [-0.15, -0.1) is 0 Å². The highest BCUT2D eigenvalue weighted by Gasteiger charge is 2.34. The minimum absolute atomic E-state index is 0.204. The van der Waals surface area contributed by atoms with Gasteiger partial charge < -0.3 is 18.9 Å². The van der Waals surface area contributed by atoms with Gasteiger partial charge in [-0.2, -0.15) is 0 Å². The predicted molar refractivity (Wildman–Crippen MR) is 196 cm³/mol. The number of benzene rings is 4. The number of hydrogen-bond donors (Lipinski definition) is 0. The first-order chi connectivity index (χ1) is 24.4. The molecule has 266 valence electrons. The number of nitrogens with zero attached hydrogens (tertiary/aromatic N) is 1. The maximum atomic E-state index is 13.6. The zero-order valence-electron chi connectivity index (χ0n) is 30.1. The lowest BCUT2D eigenvalue weighted by atomic mass is 9.86. The molecule has 5 aromatic rings. The van der Waals surface area contributed by atoms with E-state index in [0.29, 0.717) is 48.8 Å². The Bertz CT molecular complexity index is 1900. The number of rotatable bonds is 14. The second kappa shape index (κ2) is 16.8. The van der Waals surface area contributed by atoms with E-state index in [1.54, 1.807) is 31.2 Å². The molecule has 0 aliphatic carbocycles. The molecule has 0 radical (unpaired) electrons. The lowest BCUT2D eigenvalue weighted by molar-refractivity contribution is -0.166. The van der Waals surface area contributed by atoms with Crippen molar-refractivity contribution in [2.75, 3.05) is 19.8 Å². The smallest absolute Gasteiger partial charge is 0.340 e. The maximum absolute atomic E-state index is 13.6. The molecule has 0 spiro atoms. The van der Waals surface area contributed by atoms with E-state index >= 15 is 0 Å². The number of ether oxygens (including phenoxy) is 4. The van der Waals surface area contributed by atoms with Gasteiger partial charge in [0.1, 0.15) is 23.1 Å². The van der Waals surface area contributed by atoms with Crippen LogP contribution in [-0.2, 0) is 27.1 Å². The van der Waals surface area contributed by atoms with Gasteiger partial charge in [0, 0.05) is 35.4 Å². The molecule has 0 aliphatic heterocycles. The third kappa shape index (κ3) is 10.0. The second-order valence-electron chi connectivity index (χ2n) is 13.3. The highest BCUT2D eigenvalue weighted by molar-refractivity contribution is 5.91. The standard InChI is InChI=1S/C43H45F2NO5/c1-7-48-42(47)41(51-43(4,5)6)39-29(3)46-28(2)38(32-12-20-36(21-13-32)49-26-24-30-8-16-34(44)17-9-30)40(39)33-14-22-37(23-15-33)50-27-25-31-10-18-35(45)19-11-31/h8-23,41H,7,24-27H2,1-6H3/t41-/m0/s1. The van der Waals surface area contributed by atoms with Gasteiger partial charge in [-0.3, -0.25) is 4.98 Å². The first kappa shape index (κ1) is 37.2. The number of pyridine rings is 1. The van der Waals surface area contributed by atoms with Crippen LogP contribution in [0.5, 0.6) is 11.5 Å². The zero-order valence-corrected chi connectivity index (χ0v) is 30.1. The summed E-state index contributed by atoms with van der Waals surface area (Å²) in [6.45, 7) is 12.4. The number of esters is 1. The first-order valence-corrected chi connectivity index (χ1v) is 17.2. The average Bonchev–Trinajstić information content (AvgIpc) is 3.09. The van der Waals surface area contributed by atoms with Crippen molar-refractivity contribution in [3.63, 3.8) is 0 Å². The topological polar surface area (TPSA) is 66.9 Å². The Kier molecular flexibility index (Phi) is 12.2. The van der Waals surface area contributed by atoms with E-state index < -0.39 is 17.7 Å². The molecule has 8 heteroatoms. The van der Waals surface area contributed by atoms with Gasteiger partial charge in [0.15, 0.2) is 6.10 Å². The molecule has 0 N–H and O–H groups in total. The van der Waals surface area contributed by atoms with Gasteiger partial charge in [0.05, 0.1) is 25.4 Å². The zero-order chi connectivity index (χ0) is 36.5. The van der Waals surface area contributed by atoms with Crippen molar-refractivity contribution in [1.29, 1.82) is 0 Å². The average molecular weight is 694 g/mol.